The summed E-state index contributed by atoms with van der Waals surface area (Å²) >= 11 is 0. The molecule has 0 heterocycles. The molecule has 0 atom stereocenters. The van der Waals surface area contributed by atoms with E-state index in [0.717, 1.165) is 12.8 Å². The molecule has 0 aliphatic heterocycles. The van der Waals surface area contributed by atoms with Gasteiger partial charge in [-0.3, -0.25) is 4.18 Å². The SMILES string of the molecule is CC(C)(C)CCCCCCCCOS(=O)(=O)[O-].[K+]. The topological polar surface area (TPSA) is 66.4 Å². The molecule has 0 amide bonds. The van der Waals surface area contributed by atoms with Gasteiger partial charge in [-0.1, -0.05) is 52.9 Å². The van der Waals surface area contributed by atoms with E-state index in [-0.39, 0.29) is 58.0 Å². The van der Waals surface area contributed by atoms with Crippen LogP contribution < -0.4 is 51.4 Å². The summed E-state index contributed by atoms with van der Waals surface area (Å²) in [5.74, 6) is 0. The zero-order valence-corrected chi connectivity index (χ0v) is 16.1. The van der Waals surface area contributed by atoms with Crippen LogP contribution in [0.25, 0.3) is 0 Å². The molecule has 4 nitrogen and oxygen atoms in total. The minimum atomic E-state index is -4.49. The van der Waals surface area contributed by atoms with E-state index in [4.69, 9.17) is 0 Å². The molecule has 0 bridgehead atoms. The minimum absolute atomic E-state index is 0. The molecule has 0 saturated heterocycles. The summed E-state index contributed by atoms with van der Waals surface area (Å²) in [5.41, 5.74) is 0.413. The van der Waals surface area contributed by atoms with Crippen molar-refractivity contribution in [3.05, 3.63) is 0 Å². The second-order valence-electron chi connectivity index (χ2n) is 5.66. The van der Waals surface area contributed by atoms with E-state index in [1.807, 2.05) is 0 Å². The van der Waals surface area contributed by atoms with Crippen molar-refractivity contribution in [2.45, 2.75) is 65.7 Å². The van der Waals surface area contributed by atoms with Crippen LogP contribution >= 0.6 is 0 Å². The minimum Gasteiger partial charge on any atom is -0.726 e. The Labute approximate surface area is 155 Å². The third-order valence-corrected chi connectivity index (χ3v) is 3.00. The van der Waals surface area contributed by atoms with Crippen molar-refractivity contribution in [1.82, 2.24) is 0 Å². The van der Waals surface area contributed by atoms with Crippen molar-refractivity contribution in [2.24, 2.45) is 5.41 Å². The molecule has 0 spiro atoms. The van der Waals surface area contributed by atoms with E-state index < -0.39 is 10.4 Å². The smallest absolute Gasteiger partial charge is 0.726 e. The fourth-order valence-electron chi connectivity index (χ4n) is 1.63. The molecule has 0 aromatic carbocycles. The molecule has 104 valence electrons. The summed E-state index contributed by atoms with van der Waals surface area (Å²) in [4.78, 5) is 0. The molecule has 18 heavy (non-hydrogen) atoms. The third kappa shape index (κ3) is 19.8. The summed E-state index contributed by atoms with van der Waals surface area (Å²) in [6.07, 6.45) is 7.51. The fraction of sp³-hybridized carbons (Fsp3) is 1.00. The van der Waals surface area contributed by atoms with Crippen molar-refractivity contribution < 1.29 is 68.5 Å². The molecule has 6 heteroatoms. The molecular weight excluding hydrogens is 279 g/mol. The summed E-state index contributed by atoms with van der Waals surface area (Å²) in [6, 6.07) is 0. The number of hydrogen-bond acceptors (Lipinski definition) is 4. The number of hydrogen-bond donors (Lipinski definition) is 0. The Morgan fingerprint density at radius 2 is 1.39 bits per heavy atom. The third-order valence-electron chi connectivity index (χ3n) is 2.55. The van der Waals surface area contributed by atoms with Gasteiger partial charge >= 0.3 is 51.4 Å². The monoisotopic (exact) mass is 304 g/mol. The molecule has 0 rings (SSSR count). The zero-order chi connectivity index (χ0) is 13.4. The molecule has 0 radical (unpaired) electrons. The van der Waals surface area contributed by atoms with Crippen molar-refractivity contribution in [2.75, 3.05) is 6.61 Å². The largest absolute Gasteiger partial charge is 1.00 e. The van der Waals surface area contributed by atoms with Gasteiger partial charge in [0.15, 0.2) is 0 Å². The average Bonchev–Trinajstić information content (AvgIpc) is 2.11. The van der Waals surface area contributed by atoms with Gasteiger partial charge in [0.1, 0.15) is 0 Å². The first-order valence-corrected chi connectivity index (χ1v) is 7.64. The summed E-state index contributed by atoms with van der Waals surface area (Å²) in [6.45, 7) is 6.75. The Morgan fingerprint density at radius 3 is 1.83 bits per heavy atom. The van der Waals surface area contributed by atoms with Gasteiger partial charge in [0.25, 0.3) is 0 Å². The maximum Gasteiger partial charge on any atom is 1.00 e. The standard InChI is InChI=1S/C12H26O4S.K/c1-12(2,3)10-8-6-4-5-7-9-11-16-17(13,14)15;/h4-11H2,1-3H3,(H,13,14,15);/q;+1/p-1. The Balaban J connectivity index is 0. The fourth-order valence-corrected chi connectivity index (χ4v) is 1.95. The van der Waals surface area contributed by atoms with E-state index in [1.165, 1.54) is 25.7 Å². The van der Waals surface area contributed by atoms with Gasteiger partial charge in [-0.15, -0.1) is 0 Å². The van der Waals surface area contributed by atoms with Gasteiger partial charge in [-0.05, 0) is 18.3 Å². The van der Waals surface area contributed by atoms with Gasteiger partial charge in [-0.25, -0.2) is 8.42 Å². The average molecular weight is 304 g/mol. The molecule has 0 aliphatic rings. The van der Waals surface area contributed by atoms with Crippen LogP contribution in [0, 0.1) is 5.41 Å². The van der Waals surface area contributed by atoms with Crippen LogP contribution in [0.5, 0.6) is 0 Å². The molecule has 0 aliphatic carbocycles. The van der Waals surface area contributed by atoms with Crippen LogP contribution in [-0.4, -0.2) is 19.6 Å². The Hall–Kier alpha value is 1.51. The molecule has 0 fully saturated rings. The first kappa shape index (κ1) is 21.8. The Morgan fingerprint density at radius 1 is 0.944 bits per heavy atom. The van der Waals surface area contributed by atoms with Crippen LogP contribution in [-0.2, 0) is 14.6 Å². The van der Waals surface area contributed by atoms with Gasteiger partial charge in [0.05, 0.1) is 6.61 Å². The quantitative estimate of drug-likeness (QED) is 0.265. The van der Waals surface area contributed by atoms with Crippen LogP contribution in [0.4, 0.5) is 0 Å². The van der Waals surface area contributed by atoms with E-state index in [9.17, 15) is 13.0 Å². The van der Waals surface area contributed by atoms with E-state index in [0.29, 0.717) is 11.8 Å². The molecule has 0 saturated carbocycles. The molecule has 0 N–H and O–H groups in total. The van der Waals surface area contributed by atoms with Crippen LogP contribution in [0.1, 0.15) is 65.7 Å². The van der Waals surface area contributed by atoms with Crippen LogP contribution in [0.15, 0.2) is 0 Å². The van der Waals surface area contributed by atoms with E-state index in [1.54, 1.807) is 0 Å². The Bertz CT molecular complexity index is 283. The van der Waals surface area contributed by atoms with Gasteiger partial charge in [0, 0.05) is 0 Å². The van der Waals surface area contributed by atoms with Gasteiger partial charge in [-0.2, -0.15) is 0 Å². The second kappa shape index (κ2) is 11.2. The Kier molecular flexibility index (Phi) is 13.6. The molecule has 0 aromatic rings. The van der Waals surface area contributed by atoms with Gasteiger partial charge in [0.2, 0.25) is 10.4 Å². The second-order valence-corrected chi connectivity index (χ2v) is 6.71. The predicted molar refractivity (Wildman–Crippen MR) is 67.4 cm³/mol. The molecule has 0 unspecified atom stereocenters. The number of unbranched alkanes of at least 4 members (excludes halogenated alkanes) is 5. The van der Waals surface area contributed by atoms with Crippen LogP contribution in [0.2, 0.25) is 0 Å². The molecular formula is C12H25KO4S. The van der Waals surface area contributed by atoms with Crippen molar-refractivity contribution in [1.29, 1.82) is 0 Å². The summed E-state index contributed by atoms with van der Waals surface area (Å²) in [7, 11) is -4.49. The predicted octanol–water partition coefficient (Wildman–Crippen LogP) is 0.244. The maximum absolute atomic E-state index is 10.1. The van der Waals surface area contributed by atoms with Crippen molar-refractivity contribution in [3.63, 3.8) is 0 Å². The van der Waals surface area contributed by atoms with Crippen molar-refractivity contribution >= 4 is 10.4 Å². The van der Waals surface area contributed by atoms with Crippen LogP contribution in [0.3, 0.4) is 0 Å². The van der Waals surface area contributed by atoms with E-state index >= 15 is 0 Å². The summed E-state index contributed by atoms with van der Waals surface area (Å²) in [5, 5.41) is 0. The summed E-state index contributed by atoms with van der Waals surface area (Å²) < 4.78 is 34.5. The first-order chi connectivity index (χ1) is 7.71. The van der Waals surface area contributed by atoms with Gasteiger partial charge < -0.3 is 4.55 Å². The van der Waals surface area contributed by atoms with E-state index in [2.05, 4.69) is 25.0 Å². The molecule has 0 aromatic heterocycles. The number of rotatable bonds is 9. The normalized spacial score (nSPS) is 12.2. The van der Waals surface area contributed by atoms with Crippen molar-refractivity contribution in [3.8, 4) is 0 Å². The zero-order valence-electron chi connectivity index (χ0n) is 12.2. The maximum atomic E-state index is 10.1. The first-order valence-electron chi connectivity index (χ1n) is 6.31.